The average molecular weight is 297 g/mol. The van der Waals surface area contributed by atoms with Crippen molar-refractivity contribution in [3.63, 3.8) is 0 Å². The van der Waals surface area contributed by atoms with E-state index in [1.54, 1.807) is 11.3 Å². The van der Waals surface area contributed by atoms with Crippen LogP contribution < -0.4 is 0 Å². The predicted octanol–water partition coefficient (Wildman–Crippen LogP) is 5.40. The number of hydrogen-bond donors (Lipinski definition) is 0. The number of hydrogen-bond acceptors (Lipinski definition) is 1. The van der Waals surface area contributed by atoms with Gasteiger partial charge in [0.05, 0.1) is 9.71 Å². The Hall–Kier alpha value is -0.500. The Morgan fingerprint density at radius 2 is 1.83 bits per heavy atom. The first-order chi connectivity index (χ1) is 8.65. The normalized spacial score (nSPS) is 16.8. The molecule has 0 saturated carbocycles. The van der Waals surface area contributed by atoms with E-state index in [2.05, 4.69) is 30.3 Å². The van der Waals surface area contributed by atoms with Crippen molar-refractivity contribution in [1.82, 2.24) is 0 Å². The fourth-order valence-corrected chi connectivity index (χ4v) is 4.32. The molecule has 18 heavy (non-hydrogen) atoms. The molecule has 3 heteroatoms. The van der Waals surface area contributed by atoms with Crippen LogP contribution in [0.1, 0.15) is 26.9 Å². The number of fused-ring (bicyclic) bond motifs is 1. The molecule has 1 aliphatic rings. The van der Waals surface area contributed by atoms with Crippen molar-refractivity contribution in [2.75, 3.05) is 0 Å². The van der Waals surface area contributed by atoms with E-state index in [1.165, 1.54) is 16.0 Å². The summed E-state index contributed by atoms with van der Waals surface area (Å²) in [5.41, 5.74) is 4.04. The van der Waals surface area contributed by atoms with Gasteiger partial charge in [-0.3, -0.25) is 0 Å². The number of halogens is 2. The summed E-state index contributed by atoms with van der Waals surface area (Å²) in [5.74, 6) is 0.498. The van der Waals surface area contributed by atoms with Gasteiger partial charge in [0.1, 0.15) is 0 Å². The van der Waals surface area contributed by atoms with Crippen molar-refractivity contribution in [2.45, 2.75) is 25.1 Å². The molecular formula is C15H14Cl2S. The quantitative estimate of drug-likeness (QED) is 0.651. The number of rotatable bonds is 2. The Bertz CT molecular complexity index is 529. The minimum Gasteiger partial charge on any atom is -0.127 e. The highest BCUT2D eigenvalue weighted by Gasteiger charge is 2.29. The molecule has 0 bridgehead atoms. The second-order valence-electron chi connectivity index (χ2n) is 4.94. The molecule has 0 spiro atoms. The van der Waals surface area contributed by atoms with Crippen molar-refractivity contribution >= 4 is 34.5 Å². The third-order valence-corrected chi connectivity index (χ3v) is 6.00. The van der Waals surface area contributed by atoms with Gasteiger partial charge >= 0.3 is 0 Å². The molecule has 1 unspecified atom stereocenters. The smallest absolute Gasteiger partial charge is 0.0960 e. The van der Waals surface area contributed by atoms with Gasteiger partial charge in [-0.25, -0.2) is 0 Å². The van der Waals surface area contributed by atoms with Crippen molar-refractivity contribution in [1.29, 1.82) is 0 Å². The molecule has 2 aromatic rings. The SMILES string of the molecule is Cc1cc(C(Cl)C2Cc3ccccc3C2)sc1Cl. The molecule has 0 nitrogen and oxygen atoms in total. The fourth-order valence-electron chi connectivity index (χ4n) is 2.65. The lowest BCUT2D eigenvalue weighted by Gasteiger charge is -2.14. The van der Waals surface area contributed by atoms with Gasteiger partial charge in [0.15, 0.2) is 0 Å². The van der Waals surface area contributed by atoms with Gasteiger partial charge in [0.25, 0.3) is 0 Å². The van der Waals surface area contributed by atoms with Gasteiger partial charge in [-0.05, 0) is 48.4 Å². The minimum atomic E-state index is 0.0774. The molecular weight excluding hydrogens is 283 g/mol. The van der Waals surface area contributed by atoms with E-state index in [0.717, 1.165) is 22.7 Å². The Labute approximate surface area is 122 Å². The molecule has 0 radical (unpaired) electrons. The molecule has 1 heterocycles. The maximum atomic E-state index is 6.64. The summed E-state index contributed by atoms with van der Waals surface area (Å²) in [6, 6.07) is 10.8. The van der Waals surface area contributed by atoms with Gasteiger partial charge < -0.3 is 0 Å². The first-order valence-corrected chi connectivity index (χ1v) is 7.75. The molecule has 3 rings (SSSR count). The van der Waals surface area contributed by atoms with Crippen LogP contribution in [0.15, 0.2) is 30.3 Å². The molecule has 1 aromatic heterocycles. The first-order valence-electron chi connectivity index (χ1n) is 6.12. The van der Waals surface area contributed by atoms with Crippen LogP contribution in [0.25, 0.3) is 0 Å². The largest absolute Gasteiger partial charge is 0.127 e. The van der Waals surface area contributed by atoms with Crippen LogP contribution in [0, 0.1) is 12.8 Å². The van der Waals surface area contributed by atoms with Crippen LogP contribution in [-0.4, -0.2) is 0 Å². The summed E-state index contributed by atoms with van der Waals surface area (Å²) >= 11 is 14.4. The molecule has 0 amide bonds. The number of alkyl halides is 1. The number of thiophene rings is 1. The predicted molar refractivity (Wildman–Crippen MR) is 80.0 cm³/mol. The molecule has 0 fully saturated rings. The summed E-state index contributed by atoms with van der Waals surface area (Å²) in [4.78, 5) is 1.21. The highest BCUT2D eigenvalue weighted by Crippen LogP contribution is 2.43. The van der Waals surface area contributed by atoms with Gasteiger partial charge in [-0.1, -0.05) is 35.9 Å². The fraction of sp³-hybridized carbons (Fsp3) is 0.333. The highest BCUT2D eigenvalue weighted by atomic mass is 35.5. The molecule has 0 aliphatic heterocycles. The summed E-state index contributed by atoms with van der Waals surface area (Å²) in [7, 11) is 0. The van der Waals surface area contributed by atoms with Gasteiger partial charge in [0.2, 0.25) is 0 Å². The van der Waals surface area contributed by atoms with E-state index in [9.17, 15) is 0 Å². The third-order valence-electron chi connectivity index (χ3n) is 3.64. The summed E-state index contributed by atoms with van der Waals surface area (Å²) in [6.45, 7) is 2.04. The summed E-state index contributed by atoms with van der Waals surface area (Å²) < 4.78 is 0.867. The topological polar surface area (TPSA) is 0 Å². The molecule has 1 aliphatic carbocycles. The zero-order valence-corrected chi connectivity index (χ0v) is 12.4. The molecule has 0 N–H and O–H groups in total. The van der Waals surface area contributed by atoms with Crippen LogP contribution >= 0.6 is 34.5 Å². The monoisotopic (exact) mass is 296 g/mol. The third kappa shape index (κ3) is 2.20. The summed E-state index contributed by atoms with van der Waals surface area (Å²) in [5, 5.41) is 0.0774. The van der Waals surface area contributed by atoms with E-state index in [0.29, 0.717) is 5.92 Å². The zero-order valence-electron chi connectivity index (χ0n) is 10.1. The Balaban J connectivity index is 1.82. The standard InChI is InChI=1S/C15H14Cl2S/c1-9-6-13(18-15(9)17)14(16)12-7-10-4-2-3-5-11(10)8-12/h2-6,12,14H,7-8H2,1H3. The lowest BCUT2D eigenvalue weighted by Crippen LogP contribution is -2.06. The Morgan fingerprint density at radius 1 is 1.22 bits per heavy atom. The van der Waals surface area contributed by atoms with E-state index in [1.807, 2.05) is 6.92 Å². The Morgan fingerprint density at radius 3 is 2.33 bits per heavy atom. The lowest BCUT2D eigenvalue weighted by atomic mass is 10.0. The maximum absolute atomic E-state index is 6.64. The van der Waals surface area contributed by atoms with Crippen LogP contribution in [0.4, 0.5) is 0 Å². The lowest BCUT2D eigenvalue weighted by molar-refractivity contribution is 0.546. The number of benzene rings is 1. The second-order valence-corrected chi connectivity index (χ2v) is 7.10. The maximum Gasteiger partial charge on any atom is 0.0960 e. The van der Waals surface area contributed by atoms with Crippen LogP contribution in [0.5, 0.6) is 0 Å². The van der Waals surface area contributed by atoms with Crippen LogP contribution in [0.2, 0.25) is 4.34 Å². The molecule has 0 saturated heterocycles. The molecule has 94 valence electrons. The van der Waals surface area contributed by atoms with E-state index >= 15 is 0 Å². The minimum absolute atomic E-state index is 0.0774. The van der Waals surface area contributed by atoms with Crippen molar-refractivity contribution in [3.05, 3.63) is 56.2 Å². The van der Waals surface area contributed by atoms with Gasteiger partial charge in [-0.15, -0.1) is 22.9 Å². The Kier molecular flexibility index (Phi) is 3.40. The summed E-state index contributed by atoms with van der Waals surface area (Å²) in [6.07, 6.45) is 2.16. The highest BCUT2D eigenvalue weighted by molar-refractivity contribution is 7.16. The zero-order chi connectivity index (χ0) is 12.7. The number of aryl methyl sites for hydroxylation is 1. The van der Waals surface area contributed by atoms with Crippen molar-refractivity contribution in [2.24, 2.45) is 5.92 Å². The van der Waals surface area contributed by atoms with E-state index < -0.39 is 0 Å². The van der Waals surface area contributed by atoms with Gasteiger partial charge in [-0.2, -0.15) is 0 Å². The molecule has 1 atom stereocenters. The van der Waals surface area contributed by atoms with Crippen LogP contribution in [-0.2, 0) is 12.8 Å². The van der Waals surface area contributed by atoms with E-state index in [4.69, 9.17) is 23.2 Å². The van der Waals surface area contributed by atoms with Crippen LogP contribution in [0.3, 0.4) is 0 Å². The average Bonchev–Trinajstić information content (AvgIpc) is 2.93. The van der Waals surface area contributed by atoms with Crippen molar-refractivity contribution < 1.29 is 0 Å². The van der Waals surface area contributed by atoms with E-state index in [-0.39, 0.29) is 5.38 Å². The first kappa shape index (κ1) is 12.5. The van der Waals surface area contributed by atoms with Gasteiger partial charge in [0, 0.05) is 4.88 Å². The second kappa shape index (κ2) is 4.88. The van der Waals surface area contributed by atoms with Crippen molar-refractivity contribution in [3.8, 4) is 0 Å². The molecule has 1 aromatic carbocycles.